The highest BCUT2D eigenvalue weighted by molar-refractivity contribution is 7.89. The third-order valence-electron chi connectivity index (χ3n) is 3.89. The van der Waals surface area contributed by atoms with E-state index in [1.54, 1.807) is 12.1 Å². The lowest BCUT2D eigenvalue weighted by Crippen LogP contribution is -2.23. The van der Waals surface area contributed by atoms with Crippen molar-refractivity contribution in [3.63, 3.8) is 0 Å². The fourth-order valence-electron chi connectivity index (χ4n) is 2.42. The highest BCUT2D eigenvalue weighted by Gasteiger charge is 2.17. The van der Waals surface area contributed by atoms with Crippen molar-refractivity contribution < 1.29 is 13.2 Å². The summed E-state index contributed by atoms with van der Waals surface area (Å²) < 4.78 is 27.7. The number of ketones is 1. The van der Waals surface area contributed by atoms with Gasteiger partial charge in [-0.1, -0.05) is 42.5 Å². The lowest BCUT2D eigenvalue weighted by molar-refractivity contribution is 0.101. The van der Waals surface area contributed by atoms with Crippen LogP contribution in [0.3, 0.4) is 0 Å². The van der Waals surface area contributed by atoms with Crippen LogP contribution in [0.1, 0.15) is 27.9 Å². The van der Waals surface area contributed by atoms with E-state index in [1.807, 2.05) is 37.3 Å². The Kier molecular flexibility index (Phi) is 5.31. The number of nitrogens with one attached hydrogen (secondary N) is 1. The van der Waals surface area contributed by atoms with Gasteiger partial charge in [-0.3, -0.25) is 4.79 Å². The van der Waals surface area contributed by atoms with Crippen LogP contribution in [0.5, 0.6) is 0 Å². The van der Waals surface area contributed by atoms with Gasteiger partial charge in [0.1, 0.15) is 5.01 Å². The summed E-state index contributed by atoms with van der Waals surface area (Å²) in [5.74, 6) is -0.173. The highest BCUT2D eigenvalue weighted by Crippen LogP contribution is 2.28. The molecule has 0 amide bonds. The van der Waals surface area contributed by atoms with Crippen LogP contribution in [0.25, 0.3) is 10.6 Å². The van der Waals surface area contributed by atoms with Gasteiger partial charge in [0.25, 0.3) is 0 Å². The summed E-state index contributed by atoms with van der Waals surface area (Å²) in [6, 6.07) is 15.8. The van der Waals surface area contributed by atoms with Crippen molar-refractivity contribution in [2.24, 2.45) is 0 Å². The molecule has 134 valence electrons. The first-order chi connectivity index (χ1) is 12.4. The summed E-state index contributed by atoms with van der Waals surface area (Å²) in [6.45, 7) is 3.43. The predicted molar refractivity (Wildman–Crippen MR) is 103 cm³/mol. The van der Waals surface area contributed by atoms with E-state index in [9.17, 15) is 13.2 Å². The monoisotopic (exact) mass is 386 g/mol. The number of rotatable bonds is 6. The fourth-order valence-corrected chi connectivity index (χ4v) is 4.56. The molecule has 0 radical (unpaired) electrons. The molecule has 0 spiro atoms. The fraction of sp³-hybridized carbons (Fsp3) is 0.158. The van der Waals surface area contributed by atoms with Gasteiger partial charge in [-0.25, -0.2) is 18.1 Å². The van der Waals surface area contributed by atoms with Gasteiger partial charge in [0.05, 0.1) is 10.6 Å². The molecule has 0 saturated carbocycles. The second-order valence-electron chi connectivity index (χ2n) is 5.80. The first-order valence-electron chi connectivity index (χ1n) is 7.99. The zero-order chi connectivity index (χ0) is 18.7. The van der Waals surface area contributed by atoms with E-state index >= 15 is 0 Å². The molecule has 0 unspecified atom stereocenters. The Hall–Kier alpha value is -2.35. The summed E-state index contributed by atoms with van der Waals surface area (Å²) in [4.78, 5) is 16.9. The number of Topliss-reactive ketones (excluding diaryl/α,β-unsaturated/α-hetero) is 1. The van der Waals surface area contributed by atoms with Gasteiger partial charge in [-0.05, 0) is 26.0 Å². The summed E-state index contributed by atoms with van der Waals surface area (Å²) in [6.07, 6.45) is 0. The maximum atomic E-state index is 12.5. The van der Waals surface area contributed by atoms with E-state index in [2.05, 4.69) is 9.71 Å². The molecule has 1 aromatic heterocycles. The first kappa shape index (κ1) is 18.4. The van der Waals surface area contributed by atoms with Crippen LogP contribution in [0.2, 0.25) is 0 Å². The minimum absolute atomic E-state index is 0.0793. The number of hydrogen-bond donors (Lipinski definition) is 1. The number of hydrogen-bond acceptors (Lipinski definition) is 5. The molecular formula is C19H18N2O3S2. The minimum Gasteiger partial charge on any atom is -0.295 e. The van der Waals surface area contributed by atoms with Crippen LogP contribution in [0, 0.1) is 6.92 Å². The molecule has 2 aromatic carbocycles. The first-order valence-corrected chi connectivity index (χ1v) is 10.3. The number of nitrogens with zero attached hydrogens (tertiary/aromatic N) is 1. The van der Waals surface area contributed by atoms with Gasteiger partial charge >= 0.3 is 0 Å². The maximum Gasteiger partial charge on any atom is 0.240 e. The van der Waals surface area contributed by atoms with Crippen molar-refractivity contribution in [2.75, 3.05) is 0 Å². The van der Waals surface area contributed by atoms with Crippen molar-refractivity contribution in [2.45, 2.75) is 25.3 Å². The average molecular weight is 386 g/mol. The molecule has 0 aliphatic carbocycles. The SMILES string of the molecule is CC(=O)c1cccc(S(=O)(=O)NCc2sc(-c3ccccc3)nc2C)c1. The molecule has 3 rings (SSSR count). The number of thiazole rings is 1. The quantitative estimate of drug-likeness (QED) is 0.654. The predicted octanol–water partition coefficient (Wildman–Crippen LogP) is 3.80. The number of aryl methyl sites for hydroxylation is 1. The molecule has 0 aliphatic heterocycles. The van der Waals surface area contributed by atoms with Gasteiger partial charge < -0.3 is 0 Å². The molecule has 0 fully saturated rings. The second kappa shape index (κ2) is 7.49. The Bertz CT molecular complexity index is 1040. The van der Waals surface area contributed by atoms with E-state index in [1.165, 1.54) is 30.4 Å². The molecular weight excluding hydrogens is 368 g/mol. The number of aromatic nitrogens is 1. The van der Waals surface area contributed by atoms with E-state index in [4.69, 9.17) is 0 Å². The largest absolute Gasteiger partial charge is 0.295 e. The van der Waals surface area contributed by atoms with Crippen molar-refractivity contribution in [1.29, 1.82) is 0 Å². The minimum atomic E-state index is -3.71. The third-order valence-corrected chi connectivity index (χ3v) is 6.49. The van der Waals surface area contributed by atoms with E-state index < -0.39 is 10.0 Å². The number of carbonyl (C=O) groups excluding carboxylic acids is 1. The van der Waals surface area contributed by atoms with Gasteiger partial charge in [0.15, 0.2) is 5.78 Å². The number of sulfonamides is 1. The topological polar surface area (TPSA) is 76.1 Å². The van der Waals surface area contributed by atoms with Crippen molar-refractivity contribution >= 4 is 27.1 Å². The molecule has 0 bridgehead atoms. The zero-order valence-electron chi connectivity index (χ0n) is 14.4. The van der Waals surface area contributed by atoms with Crippen LogP contribution >= 0.6 is 11.3 Å². The Morgan fingerprint density at radius 1 is 1.12 bits per heavy atom. The molecule has 1 heterocycles. The van der Waals surface area contributed by atoms with Gasteiger partial charge in [0.2, 0.25) is 10.0 Å². The number of carbonyl (C=O) groups is 1. The zero-order valence-corrected chi connectivity index (χ0v) is 16.0. The van der Waals surface area contributed by atoms with Crippen molar-refractivity contribution in [1.82, 2.24) is 9.71 Å². The van der Waals surface area contributed by atoms with Crippen molar-refractivity contribution in [3.8, 4) is 10.6 Å². The van der Waals surface area contributed by atoms with E-state index in [-0.39, 0.29) is 17.2 Å². The second-order valence-corrected chi connectivity index (χ2v) is 8.65. The molecule has 26 heavy (non-hydrogen) atoms. The molecule has 0 saturated heterocycles. The molecule has 5 nitrogen and oxygen atoms in total. The van der Waals surface area contributed by atoms with Crippen LogP contribution in [-0.4, -0.2) is 19.2 Å². The standard InChI is InChI=1S/C19H18N2O3S2/c1-13-18(25-19(21-13)15-7-4-3-5-8-15)12-20-26(23,24)17-10-6-9-16(11-17)14(2)22/h3-11,20H,12H2,1-2H3. The highest BCUT2D eigenvalue weighted by atomic mass is 32.2. The molecule has 3 aromatic rings. The summed E-state index contributed by atoms with van der Waals surface area (Å²) in [5, 5.41) is 0.857. The van der Waals surface area contributed by atoms with E-state index in [0.717, 1.165) is 21.1 Å². The van der Waals surface area contributed by atoms with Crippen LogP contribution in [0.15, 0.2) is 59.5 Å². The summed E-state index contributed by atoms with van der Waals surface area (Å²) in [7, 11) is -3.71. The van der Waals surface area contributed by atoms with Crippen molar-refractivity contribution in [3.05, 3.63) is 70.7 Å². The lowest BCUT2D eigenvalue weighted by Gasteiger charge is -2.07. The summed E-state index contributed by atoms with van der Waals surface area (Å²) >= 11 is 1.46. The number of benzene rings is 2. The van der Waals surface area contributed by atoms with Crippen LogP contribution in [-0.2, 0) is 16.6 Å². The molecule has 0 atom stereocenters. The Morgan fingerprint density at radius 3 is 2.54 bits per heavy atom. The van der Waals surface area contributed by atoms with Gasteiger partial charge in [-0.2, -0.15) is 0 Å². The molecule has 1 N–H and O–H groups in total. The maximum absolute atomic E-state index is 12.5. The Labute approximate surface area is 156 Å². The normalized spacial score (nSPS) is 11.5. The van der Waals surface area contributed by atoms with Crippen LogP contribution < -0.4 is 4.72 Å². The van der Waals surface area contributed by atoms with Gasteiger partial charge in [0, 0.05) is 22.5 Å². The average Bonchev–Trinajstić information content (AvgIpc) is 3.02. The van der Waals surface area contributed by atoms with Crippen LogP contribution in [0.4, 0.5) is 0 Å². The van der Waals surface area contributed by atoms with E-state index in [0.29, 0.717) is 5.56 Å². The third kappa shape index (κ3) is 4.07. The molecule has 7 heteroatoms. The molecule has 0 aliphatic rings. The smallest absolute Gasteiger partial charge is 0.240 e. The Balaban J connectivity index is 1.79. The summed E-state index contributed by atoms with van der Waals surface area (Å²) in [5.41, 5.74) is 2.17. The van der Waals surface area contributed by atoms with Gasteiger partial charge in [-0.15, -0.1) is 11.3 Å². The Morgan fingerprint density at radius 2 is 1.85 bits per heavy atom. The lowest BCUT2D eigenvalue weighted by atomic mass is 10.2.